The van der Waals surface area contributed by atoms with Crippen LogP contribution in [0.15, 0.2) is 59.7 Å². The van der Waals surface area contributed by atoms with Gasteiger partial charge in [-0.2, -0.15) is 0 Å². The van der Waals surface area contributed by atoms with Crippen LogP contribution in [0.5, 0.6) is 0 Å². The van der Waals surface area contributed by atoms with E-state index in [4.69, 9.17) is 22.1 Å². The maximum Gasteiger partial charge on any atom is 0.121 e. The fourth-order valence-corrected chi connectivity index (χ4v) is 3.37. The van der Waals surface area contributed by atoms with Crippen molar-refractivity contribution >= 4 is 39.7 Å². The number of halogens is 1. The van der Waals surface area contributed by atoms with E-state index in [1.54, 1.807) is 6.20 Å². The molecule has 3 aromatic rings. The van der Waals surface area contributed by atoms with Crippen molar-refractivity contribution < 1.29 is 4.74 Å². The Kier molecular flexibility index (Phi) is 4.26. The minimum atomic E-state index is -0.482. The van der Waals surface area contributed by atoms with Gasteiger partial charge in [0.1, 0.15) is 18.0 Å². The zero-order chi connectivity index (χ0) is 18.1. The number of hydrogen-bond donors (Lipinski definition) is 2. The van der Waals surface area contributed by atoms with Crippen LogP contribution in [0.1, 0.15) is 12.5 Å². The third-order valence-corrected chi connectivity index (χ3v) is 4.67. The molecule has 1 atom stereocenters. The highest BCUT2D eigenvalue weighted by atomic mass is 35.5. The summed E-state index contributed by atoms with van der Waals surface area (Å²) >= 11 is 6.05. The standard InChI is InChI=1S/C20H19ClN4O/c1-20(12-26-11-18(22)25-20)14-5-3-6-16(9-14)24-17-7-2-4-13-8-15(21)10-23-19(13)17/h2-10,24H,11-12H2,1H3,(H2,22,25)/t20-/m0/s1. The molecular weight excluding hydrogens is 348 g/mol. The topological polar surface area (TPSA) is 72.5 Å². The van der Waals surface area contributed by atoms with E-state index in [1.165, 1.54) is 0 Å². The third-order valence-electron chi connectivity index (χ3n) is 4.46. The molecule has 0 bridgehead atoms. The summed E-state index contributed by atoms with van der Waals surface area (Å²) in [5.41, 5.74) is 9.18. The normalized spacial score (nSPS) is 20.0. The Balaban J connectivity index is 1.69. The molecule has 0 fully saturated rings. The number of aromatic nitrogens is 1. The minimum absolute atomic E-state index is 0.387. The Hall–Kier alpha value is -2.63. The Morgan fingerprint density at radius 3 is 2.88 bits per heavy atom. The molecule has 0 spiro atoms. The Morgan fingerprint density at radius 1 is 1.19 bits per heavy atom. The Labute approximate surface area is 156 Å². The third kappa shape index (κ3) is 3.23. The molecule has 26 heavy (non-hydrogen) atoms. The van der Waals surface area contributed by atoms with E-state index < -0.39 is 5.54 Å². The van der Waals surface area contributed by atoms with E-state index in [0.29, 0.717) is 24.1 Å². The molecule has 2 heterocycles. The number of pyridine rings is 1. The molecule has 4 rings (SSSR count). The highest BCUT2D eigenvalue weighted by Gasteiger charge is 2.30. The van der Waals surface area contributed by atoms with Crippen molar-refractivity contribution in [1.82, 2.24) is 4.98 Å². The van der Waals surface area contributed by atoms with Gasteiger partial charge in [-0.05, 0) is 36.8 Å². The van der Waals surface area contributed by atoms with Crippen LogP contribution >= 0.6 is 11.6 Å². The fourth-order valence-electron chi connectivity index (χ4n) is 3.21. The van der Waals surface area contributed by atoms with E-state index >= 15 is 0 Å². The van der Waals surface area contributed by atoms with E-state index in [-0.39, 0.29) is 0 Å². The predicted molar refractivity (Wildman–Crippen MR) is 106 cm³/mol. The van der Waals surface area contributed by atoms with E-state index in [0.717, 1.165) is 27.8 Å². The van der Waals surface area contributed by atoms with E-state index in [1.807, 2.05) is 49.4 Å². The smallest absolute Gasteiger partial charge is 0.121 e. The summed E-state index contributed by atoms with van der Waals surface area (Å²) in [5, 5.41) is 5.06. The molecule has 1 aromatic heterocycles. The number of nitrogens with two attached hydrogens (primary N) is 1. The highest BCUT2D eigenvalue weighted by molar-refractivity contribution is 6.31. The van der Waals surface area contributed by atoms with E-state index in [9.17, 15) is 0 Å². The molecule has 0 unspecified atom stereocenters. The Morgan fingerprint density at radius 2 is 2.04 bits per heavy atom. The van der Waals surface area contributed by atoms with E-state index in [2.05, 4.69) is 21.4 Å². The Bertz CT molecular complexity index is 1000. The number of nitrogens with zero attached hydrogens (tertiary/aromatic N) is 2. The van der Waals surface area contributed by atoms with Crippen LogP contribution in [0.3, 0.4) is 0 Å². The molecule has 0 radical (unpaired) electrons. The number of aliphatic imine (C=N–C) groups is 1. The van der Waals surface area contributed by atoms with Gasteiger partial charge in [0.05, 0.1) is 22.8 Å². The first-order valence-corrected chi connectivity index (χ1v) is 8.75. The molecule has 1 aliphatic heterocycles. The molecule has 6 heteroatoms. The molecule has 132 valence electrons. The lowest BCUT2D eigenvalue weighted by atomic mass is 9.92. The second kappa shape index (κ2) is 6.59. The number of para-hydroxylation sites is 1. The second-order valence-corrected chi connectivity index (χ2v) is 7.04. The molecule has 0 aliphatic carbocycles. The van der Waals surface area contributed by atoms with Gasteiger partial charge in [-0.3, -0.25) is 9.98 Å². The van der Waals surface area contributed by atoms with Crippen molar-refractivity contribution in [3.8, 4) is 0 Å². The SMILES string of the molecule is C[C@@]1(c2cccc(Nc3cccc4cc(Cl)cnc34)c2)COCC(N)=N1. The van der Waals surface area contributed by atoms with Crippen LogP contribution in [0.25, 0.3) is 10.9 Å². The predicted octanol–water partition coefficient (Wildman–Crippen LogP) is 4.23. The molecule has 0 saturated heterocycles. The lowest BCUT2D eigenvalue weighted by Gasteiger charge is -2.30. The van der Waals surface area contributed by atoms with Gasteiger partial charge in [-0.15, -0.1) is 0 Å². The van der Waals surface area contributed by atoms with Crippen LogP contribution in [0.2, 0.25) is 5.02 Å². The quantitative estimate of drug-likeness (QED) is 0.727. The van der Waals surface area contributed by atoms with Crippen LogP contribution in [-0.2, 0) is 10.3 Å². The zero-order valence-corrected chi connectivity index (χ0v) is 15.1. The van der Waals surface area contributed by atoms with Gasteiger partial charge < -0.3 is 15.8 Å². The lowest BCUT2D eigenvalue weighted by molar-refractivity contribution is 0.106. The molecule has 0 saturated carbocycles. The zero-order valence-electron chi connectivity index (χ0n) is 14.4. The van der Waals surface area contributed by atoms with Gasteiger partial charge in [0, 0.05) is 17.3 Å². The molecule has 2 aromatic carbocycles. The summed E-state index contributed by atoms with van der Waals surface area (Å²) in [6.45, 7) is 2.92. The maximum absolute atomic E-state index is 6.05. The van der Waals surface area contributed by atoms with Crippen molar-refractivity contribution in [3.63, 3.8) is 0 Å². The summed E-state index contributed by atoms with van der Waals surface area (Å²) in [6.07, 6.45) is 1.66. The molecular formula is C20H19ClN4O. The molecule has 5 nitrogen and oxygen atoms in total. The van der Waals surface area contributed by atoms with Crippen molar-refractivity contribution in [2.75, 3.05) is 18.5 Å². The number of benzene rings is 2. The second-order valence-electron chi connectivity index (χ2n) is 6.61. The van der Waals surface area contributed by atoms with Crippen LogP contribution in [0, 0.1) is 0 Å². The number of rotatable bonds is 3. The molecule has 1 aliphatic rings. The number of amidine groups is 1. The van der Waals surface area contributed by atoms with Gasteiger partial charge in [0.25, 0.3) is 0 Å². The lowest BCUT2D eigenvalue weighted by Crippen LogP contribution is -2.37. The first kappa shape index (κ1) is 16.8. The average molecular weight is 367 g/mol. The largest absolute Gasteiger partial charge is 0.386 e. The van der Waals surface area contributed by atoms with Crippen molar-refractivity contribution in [2.24, 2.45) is 10.7 Å². The minimum Gasteiger partial charge on any atom is -0.386 e. The maximum atomic E-state index is 6.05. The van der Waals surface area contributed by atoms with Gasteiger partial charge in [-0.1, -0.05) is 35.9 Å². The summed E-state index contributed by atoms with van der Waals surface area (Å²) in [7, 11) is 0. The van der Waals surface area contributed by atoms with Gasteiger partial charge in [-0.25, -0.2) is 0 Å². The summed E-state index contributed by atoms with van der Waals surface area (Å²) in [5.74, 6) is 0.521. The number of hydrogen-bond acceptors (Lipinski definition) is 5. The number of fused-ring (bicyclic) bond motifs is 1. The summed E-state index contributed by atoms with van der Waals surface area (Å²) in [4.78, 5) is 9.07. The van der Waals surface area contributed by atoms with Crippen molar-refractivity contribution in [3.05, 3.63) is 65.3 Å². The molecule has 3 N–H and O–H groups in total. The van der Waals surface area contributed by atoms with Crippen LogP contribution in [-0.4, -0.2) is 24.0 Å². The van der Waals surface area contributed by atoms with Gasteiger partial charge in [0.2, 0.25) is 0 Å². The number of anilines is 2. The van der Waals surface area contributed by atoms with Gasteiger partial charge in [0.15, 0.2) is 0 Å². The highest BCUT2D eigenvalue weighted by Crippen LogP contribution is 2.32. The monoisotopic (exact) mass is 366 g/mol. The first-order chi connectivity index (χ1) is 12.5. The van der Waals surface area contributed by atoms with Gasteiger partial charge >= 0.3 is 0 Å². The molecule has 0 amide bonds. The summed E-state index contributed by atoms with van der Waals surface area (Å²) < 4.78 is 5.58. The summed E-state index contributed by atoms with van der Waals surface area (Å²) in [6, 6.07) is 16.0. The van der Waals surface area contributed by atoms with Crippen LogP contribution in [0.4, 0.5) is 11.4 Å². The van der Waals surface area contributed by atoms with Crippen molar-refractivity contribution in [1.29, 1.82) is 0 Å². The van der Waals surface area contributed by atoms with Crippen LogP contribution < -0.4 is 11.1 Å². The first-order valence-electron chi connectivity index (χ1n) is 8.37. The number of nitrogens with one attached hydrogen (secondary N) is 1. The number of ether oxygens (including phenoxy) is 1. The van der Waals surface area contributed by atoms with Crippen molar-refractivity contribution in [2.45, 2.75) is 12.5 Å². The fraction of sp³-hybridized carbons (Fsp3) is 0.200. The average Bonchev–Trinajstić information content (AvgIpc) is 2.62.